The van der Waals surface area contributed by atoms with Gasteiger partial charge in [0.15, 0.2) is 0 Å². The number of carbonyl (C=O) groups is 1. The highest BCUT2D eigenvalue weighted by Gasteiger charge is 2.43. The standard InChI is InChI=1S/C19H29NO/c1-5-12-20(13-6-2)18(21)16-8-9-17(15(4)14-16)19(7-3)10-11-19/h8-9,14H,5-7,10-13H2,1-4H3. The molecule has 0 saturated heterocycles. The molecule has 0 unspecified atom stereocenters. The largest absolute Gasteiger partial charge is 0.339 e. The summed E-state index contributed by atoms with van der Waals surface area (Å²) in [5, 5.41) is 0. The summed E-state index contributed by atoms with van der Waals surface area (Å²) < 4.78 is 0. The van der Waals surface area contributed by atoms with Crippen LogP contribution in [0.1, 0.15) is 74.4 Å². The van der Waals surface area contributed by atoms with Gasteiger partial charge in [-0.15, -0.1) is 0 Å². The van der Waals surface area contributed by atoms with Crippen LogP contribution in [0.15, 0.2) is 18.2 Å². The molecule has 1 aliphatic carbocycles. The van der Waals surface area contributed by atoms with Crippen molar-refractivity contribution in [3.63, 3.8) is 0 Å². The Balaban J connectivity index is 2.21. The molecule has 1 fully saturated rings. The van der Waals surface area contributed by atoms with Crippen molar-refractivity contribution in [2.24, 2.45) is 0 Å². The minimum atomic E-state index is 0.190. The van der Waals surface area contributed by atoms with Gasteiger partial charge in [-0.2, -0.15) is 0 Å². The van der Waals surface area contributed by atoms with Crippen molar-refractivity contribution in [3.05, 3.63) is 34.9 Å². The average molecular weight is 287 g/mol. The first-order valence-corrected chi connectivity index (χ1v) is 8.48. The van der Waals surface area contributed by atoms with Gasteiger partial charge in [-0.1, -0.05) is 26.8 Å². The molecule has 0 aromatic heterocycles. The first-order valence-electron chi connectivity index (χ1n) is 8.48. The van der Waals surface area contributed by atoms with Crippen molar-refractivity contribution < 1.29 is 4.79 Å². The molecular weight excluding hydrogens is 258 g/mol. The molecule has 1 aliphatic rings. The normalized spacial score (nSPS) is 15.8. The first kappa shape index (κ1) is 16.1. The van der Waals surface area contributed by atoms with Gasteiger partial charge in [0.05, 0.1) is 0 Å². The summed E-state index contributed by atoms with van der Waals surface area (Å²) in [7, 11) is 0. The second kappa shape index (κ2) is 6.64. The molecule has 0 heterocycles. The van der Waals surface area contributed by atoms with Crippen LogP contribution in [0.5, 0.6) is 0 Å². The Morgan fingerprint density at radius 1 is 1.14 bits per heavy atom. The monoisotopic (exact) mass is 287 g/mol. The van der Waals surface area contributed by atoms with Crippen molar-refractivity contribution in [1.82, 2.24) is 4.90 Å². The molecule has 116 valence electrons. The van der Waals surface area contributed by atoms with Crippen LogP contribution in [0.25, 0.3) is 0 Å². The number of nitrogens with zero attached hydrogens (tertiary/aromatic N) is 1. The molecule has 1 saturated carbocycles. The van der Waals surface area contributed by atoms with Crippen LogP contribution in [-0.2, 0) is 5.41 Å². The molecule has 1 aromatic rings. The molecular formula is C19H29NO. The van der Waals surface area contributed by atoms with Gasteiger partial charge in [0, 0.05) is 18.7 Å². The van der Waals surface area contributed by atoms with Crippen molar-refractivity contribution in [2.75, 3.05) is 13.1 Å². The SMILES string of the molecule is CCCN(CCC)C(=O)c1ccc(C2(CC)CC2)c(C)c1. The third-order valence-electron chi connectivity index (χ3n) is 4.85. The summed E-state index contributed by atoms with van der Waals surface area (Å²) in [6, 6.07) is 6.35. The van der Waals surface area contributed by atoms with E-state index in [2.05, 4.69) is 39.8 Å². The third-order valence-corrected chi connectivity index (χ3v) is 4.85. The van der Waals surface area contributed by atoms with Crippen molar-refractivity contribution in [3.8, 4) is 0 Å². The highest BCUT2D eigenvalue weighted by molar-refractivity contribution is 5.94. The highest BCUT2D eigenvalue weighted by atomic mass is 16.2. The molecule has 0 spiro atoms. The Kier molecular flexibility index (Phi) is 5.08. The van der Waals surface area contributed by atoms with E-state index in [-0.39, 0.29) is 5.91 Å². The Morgan fingerprint density at radius 2 is 1.76 bits per heavy atom. The zero-order valence-electron chi connectivity index (χ0n) is 14.0. The van der Waals surface area contributed by atoms with Gasteiger partial charge in [-0.25, -0.2) is 0 Å². The molecule has 2 rings (SSSR count). The van der Waals surface area contributed by atoms with Gasteiger partial charge in [-0.05, 0) is 67.7 Å². The molecule has 0 N–H and O–H groups in total. The topological polar surface area (TPSA) is 20.3 Å². The van der Waals surface area contributed by atoms with Crippen LogP contribution in [0, 0.1) is 6.92 Å². The van der Waals surface area contributed by atoms with Gasteiger partial charge in [0.1, 0.15) is 0 Å². The maximum Gasteiger partial charge on any atom is 0.253 e. The summed E-state index contributed by atoms with van der Waals surface area (Å²) in [6.07, 6.45) is 5.84. The average Bonchev–Trinajstić information content (AvgIpc) is 3.27. The van der Waals surface area contributed by atoms with E-state index in [0.29, 0.717) is 5.41 Å². The Bertz CT molecular complexity index is 496. The summed E-state index contributed by atoms with van der Waals surface area (Å²) in [4.78, 5) is 14.6. The molecule has 0 radical (unpaired) electrons. The quantitative estimate of drug-likeness (QED) is 0.712. The summed E-state index contributed by atoms with van der Waals surface area (Å²) in [5.74, 6) is 0.190. The van der Waals surface area contributed by atoms with Crippen LogP contribution in [0.3, 0.4) is 0 Å². The number of benzene rings is 1. The van der Waals surface area contributed by atoms with Crippen LogP contribution in [0.4, 0.5) is 0 Å². The van der Waals surface area contributed by atoms with Crippen molar-refractivity contribution in [1.29, 1.82) is 0 Å². The maximum atomic E-state index is 12.6. The molecule has 0 bridgehead atoms. The number of aryl methyl sites for hydroxylation is 1. The number of carbonyl (C=O) groups excluding carboxylic acids is 1. The summed E-state index contributed by atoms with van der Waals surface area (Å²) in [6.45, 7) is 10.4. The number of hydrogen-bond donors (Lipinski definition) is 0. The maximum absolute atomic E-state index is 12.6. The van der Waals surface area contributed by atoms with E-state index in [9.17, 15) is 4.79 Å². The van der Waals surface area contributed by atoms with Crippen LogP contribution in [0.2, 0.25) is 0 Å². The van der Waals surface area contributed by atoms with Crippen LogP contribution in [-0.4, -0.2) is 23.9 Å². The lowest BCUT2D eigenvalue weighted by atomic mass is 9.88. The van der Waals surface area contributed by atoms with Gasteiger partial charge in [-0.3, -0.25) is 4.79 Å². The van der Waals surface area contributed by atoms with Crippen molar-refractivity contribution in [2.45, 2.75) is 65.2 Å². The third kappa shape index (κ3) is 3.30. The van der Waals surface area contributed by atoms with Gasteiger partial charge in [0.2, 0.25) is 0 Å². The number of hydrogen-bond acceptors (Lipinski definition) is 1. The molecule has 0 atom stereocenters. The molecule has 2 nitrogen and oxygen atoms in total. The van der Waals surface area contributed by atoms with Gasteiger partial charge >= 0.3 is 0 Å². The van der Waals surface area contributed by atoms with Gasteiger partial charge in [0.25, 0.3) is 5.91 Å². The van der Waals surface area contributed by atoms with E-state index in [1.807, 2.05) is 11.0 Å². The van der Waals surface area contributed by atoms with Gasteiger partial charge < -0.3 is 4.90 Å². The van der Waals surface area contributed by atoms with Crippen LogP contribution >= 0.6 is 0 Å². The highest BCUT2D eigenvalue weighted by Crippen LogP contribution is 2.51. The summed E-state index contributed by atoms with van der Waals surface area (Å²) in [5.41, 5.74) is 4.01. The predicted molar refractivity (Wildman–Crippen MR) is 88.9 cm³/mol. The molecule has 2 heteroatoms. The number of amides is 1. The Labute approximate surface area is 129 Å². The minimum absolute atomic E-state index is 0.190. The predicted octanol–water partition coefficient (Wildman–Crippen LogP) is 4.70. The molecule has 1 amide bonds. The smallest absolute Gasteiger partial charge is 0.253 e. The van der Waals surface area contributed by atoms with E-state index in [0.717, 1.165) is 31.5 Å². The van der Waals surface area contributed by atoms with E-state index < -0.39 is 0 Å². The lowest BCUT2D eigenvalue weighted by Gasteiger charge is -2.23. The zero-order chi connectivity index (χ0) is 15.5. The molecule has 1 aromatic carbocycles. The lowest BCUT2D eigenvalue weighted by molar-refractivity contribution is 0.0755. The van der Waals surface area contributed by atoms with E-state index in [1.165, 1.54) is 30.4 Å². The second-order valence-corrected chi connectivity index (χ2v) is 6.46. The minimum Gasteiger partial charge on any atom is -0.339 e. The Morgan fingerprint density at radius 3 is 2.19 bits per heavy atom. The van der Waals surface area contributed by atoms with Crippen LogP contribution < -0.4 is 0 Å². The second-order valence-electron chi connectivity index (χ2n) is 6.46. The molecule has 0 aliphatic heterocycles. The summed E-state index contributed by atoms with van der Waals surface area (Å²) >= 11 is 0. The molecule has 21 heavy (non-hydrogen) atoms. The van der Waals surface area contributed by atoms with Crippen molar-refractivity contribution >= 4 is 5.91 Å². The van der Waals surface area contributed by atoms with E-state index >= 15 is 0 Å². The number of rotatable bonds is 7. The van der Waals surface area contributed by atoms with E-state index in [1.54, 1.807) is 0 Å². The lowest BCUT2D eigenvalue weighted by Crippen LogP contribution is -2.32. The fourth-order valence-corrected chi connectivity index (χ4v) is 3.39. The fourth-order valence-electron chi connectivity index (χ4n) is 3.39. The first-order chi connectivity index (χ1) is 10.1. The fraction of sp³-hybridized carbons (Fsp3) is 0.632. The Hall–Kier alpha value is -1.31. The van der Waals surface area contributed by atoms with E-state index in [4.69, 9.17) is 0 Å². The zero-order valence-corrected chi connectivity index (χ0v) is 14.0.